The summed E-state index contributed by atoms with van der Waals surface area (Å²) in [4.78, 5) is 38.5. The van der Waals surface area contributed by atoms with Crippen LogP contribution < -0.4 is 4.74 Å². The topological polar surface area (TPSA) is 95.9 Å². The van der Waals surface area contributed by atoms with Crippen molar-refractivity contribution in [1.82, 2.24) is 19.8 Å². The average Bonchev–Trinajstić information content (AvgIpc) is 2.91. The number of hydrogen-bond acceptors (Lipinski definition) is 6. The number of fused-ring (bicyclic) bond motifs is 1. The summed E-state index contributed by atoms with van der Waals surface area (Å²) in [5.74, 6) is -0.189. The van der Waals surface area contributed by atoms with E-state index in [2.05, 4.69) is 9.97 Å². The van der Waals surface area contributed by atoms with Crippen LogP contribution in [0.4, 0.5) is 0 Å². The van der Waals surface area contributed by atoms with Crippen LogP contribution in [0.25, 0.3) is 11.1 Å². The minimum Gasteiger partial charge on any atom is -0.472 e. The Bertz CT molecular complexity index is 1190. The molecule has 3 heterocycles. The fraction of sp³-hybridized carbons (Fsp3) is 0.357. The maximum absolute atomic E-state index is 13.6. The fourth-order valence-electron chi connectivity index (χ4n) is 4.27. The zero-order valence-corrected chi connectivity index (χ0v) is 20.9. The van der Waals surface area contributed by atoms with Gasteiger partial charge in [-0.15, -0.1) is 0 Å². The van der Waals surface area contributed by atoms with Crippen LogP contribution in [-0.2, 0) is 11.2 Å². The van der Waals surface area contributed by atoms with Crippen LogP contribution in [0.5, 0.6) is 5.88 Å². The summed E-state index contributed by atoms with van der Waals surface area (Å²) in [6.45, 7) is 4.34. The van der Waals surface area contributed by atoms with Gasteiger partial charge in [0.05, 0.1) is 25.6 Å². The summed E-state index contributed by atoms with van der Waals surface area (Å²) in [5.41, 5.74) is 2.79. The van der Waals surface area contributed by atoms with E-state index in [1.807, 2.05) is 62.4 Å². The summed E-state index contributed by atoms with van der Waals surface area (Å²) < 4.78 is 6.31. The first-order chi connectivity index (χ1) is 17.4. The van der Waals surface area contributed by atoms with Gasteiger partial charge in [0.2, 0.25) is 11.8 Å². The molecule has 0 saturated carbocycles. The summed E-state index contributed by atoms with van der Waals surface area (Å²) in [7, 11) is 1.74. The van der Waals surface area contributed by atoms with Gasteiger partial charge in [0.25, 0.3) is 5.91 Å². The molecule has 2 amide bonds. The van der Waals surface area contributed by atoms with Crippen molar-refractivity contribution in [3.63, 3.8) is 0 Å². The van der Waals surface area contributed by atoms with Gasteiger partial charge in [0.1, 0.15) is 11.7 Å². The molecule has 0 spiro atoms. The van der Waals surface area contributed by atoms with Gasteiger partial charge in [-0.1, -0.05) is 43.3 Å². The highest BCUT2D eigenvalue weighted by molar-refractivity contribution is 5.98. The van der Waals surface area contributed by atoms with Crippen molar-refractivity contribution < 1.29 is 19.4 Å². The predicted octanol–water partition coefficient (Wildman–Crippen LogP) is 3.06. The van der Waals surface area contributed by atoms with Gasteiger partial charge in [-0.05, 0) is 30.7 Å². The number of carbonyl (C=O) groups excluding carboxylic acids is 2. The average molecular weight is 489 g/mol. The molecule has 8 nitrogen and oxygen atoms in total. The minimum atomic E-state index is -0.405. The number of ether oxygens (including phenoxy) is 1. The minimum absolute atomic E-state index is 0.0733. The van der Waals surface area contributed by atoms with Crippen molar-refractivity contribution in [3.8, 4) is 17.0 Å². The Morgan fingerprint density at radius 1 is 1.17 bits per heavy atom. The van der Waals surface area contributed by atoms with E-state index < -0.39 is 6.10 Å². The van der Waals surface area contributed by atoms with E-state index in [4.69, 9.17) is 4.74 Å². The summed E-state index contributed by atoms with van der Waals surface area (Å²) >= 11 is 0. The fourth-order valence-corrected chi connectivity index (χ4v) is 4.27. The molecule has 8 heteroatoms. The molecule has 0 fully saturated rings. The van der Waals surface area contributed by atoms with Crippen molar-refractivity contribution in [2.75, 3.05) is 26.7 Å². The number of aromatic nitrogens is 2. The Balaban J connectivity index is 1.62. The van der Waals surface area contributed by atoms with Gasteiger partial charge in [-0.3, -0.25) is 14.6 Å². The number of amides is 2. The molecule has 1 aliphatic heterocycles. The first-order valence-corrected chi connectivity index (χ1v) is 12.1. The van der Waals surface area contributed by atoms with E-state index >= 15 is 0 Å². The molecule has 4 rings (SSSR count). The second kappa shape index (κ2) is 11.3. The van der Waals surface area contributed by atoms with Crippen LogP contribution in [-0.4, -0.2) is 75.6 Å². The van der Waals surface area contributed by atoms with Crippen LogP contribution in [0.2, 0.25) is 0 Å². The van der Waals surface area contributed by atoms with Gasteiger partial charge >= 0.3 is 0 Å². The second-order valence-corrected chi connectivity index (χ2v) is 9.34. The van der Waals surface area contributed by atoms with E-state index in [1.54, 1.807) is 35.3 Å². The monoisotopic (exact) mass is 488 g/mol. The SMILES string of the molecule is C[C@H]1CN([C@@H](C)CO)C(=O)c2cc(-c3ccccc3)cnc2O[C@@H]1CN(C)C(=O)Cc1ccccn1. The van der Waals surface area contributed by atoms with E-state index in [1.165, 1.54) is 0 Å². The Morgan fingerprint density at radius 3 is 2.61 bits per heavy atom. The van der Waals surface area contributed by atoms with Gasteiger partial charge in [-0.25, -0.2) is 4.98 Å². The molecule has 3 aromatic rings. The van der Waals surface area contributed by atoms with Crippen molar-refractivity contribution >= 4 is 11.8 Å². The van der Waals surface area contributed by atoms with E-state index in [0.29, 0.717) is 24.3 Å². The van der Waals surface area contributed by atoms with Crippen LogP contribution in [0.3, 0.4) is 0 Å². The maximum atomic E-state index is 13.6. The van der Waals surface area contributed by atoms with E-state index in [0.717, 1.165) is 11.1 Å². The lowest BCUT2D eigenvalue weighted by Crippen LogP contribution is -2.50. The number of rotatable bonds is 7. The highest BCUT2D eigenvalue weighted by atomic mass is 16.5. The zero-order valence-electron chi connectivity index (χ0n) is 20.9. The first-order valence-electron chi connectivity index (χ1n) is 12.1. The number of hydrogen-bond donors (Lipinski definition) is 1. The Hall–Kier alpha value is -3.78. The third-order valence-corrected chi connectivity index (χ3v) is 6.57. The zero-order chi connectivity index (χ0) is 25.7. The first kappa shape index (κ1) is 25.3. The maximum Gasteiger partial charge on any atom is 0.259 e. The van der Waals surface area contributed by atoms with Gasteiger partial charge < -0.3 is 19.6 Å². The van der Waals surface area contributed by atoms with Crippen LogP contribution >= 0.6 is 0 Å². The van der Waals surface area contributed by atoms with Gasteiger partial charge in [0, 0.05) is 43.2 Å². The Kier molecular flexibility index (Phi) is 7.95. The smallest absolute Gasteiger partial charge is 0.259 e. The Morgan fingerprint density at radius 2 is 1.92 bits per heavy atom. The number of likely N-dealkylation sites (N-methyl/N-ethyl adjacent to an activating group) is 1. The third-order valence-electron chi connectivity index (χ3n) is 6.57. The van der Waals surface area contributed by atoms with Crippen molar-refractivity contribution in [2.24, 2.45) is 5.92 Å². The van der Waals surface area contributed by atoms with Gasteiger partial charge in [0.15, 0.2) is 0 Å². The van der Waals surface area contributed by atoms with Gasteiger partial charge in [-0.2, -0.15) is 0 Å². The number of nitrogens with zero attached hydrogens (tertiary/aromatic N) is 4. The number of pyridine rings is 2. The Labute approximate surface area is 211 Å². The number of aliphatic hydroxyl groups excluding tert-OH is 1. The van der Waals surface area contributed by atoms with Crippen LogP contribution in [0.1, 0.15) is 29.9 Å². The lowest BCUT2D eigenvalue weighted by molar-refractivity contribution is -0.130. The molecule has 0 bridgehead atoms. The van der Waals surface area contributed by atoms with Crippen LogP contribution in [0.15, 0.2) is 67.0 Å². The predicted molar refractivity (Wildman–Crippen MR) is 136 cm³/mol. The van der Waals surface area contributed by atoms with E-state index in [-0.39, 0.29) is 42.7 Å². The third kappa shape index (κ3) is 5.71. The highest BCUT2D eigenvalue weighted by Crippen LogP contribution is 2.30. The molecule has 1 N–H and O–H groups in total. The molecule has 188 valence electrons. The molecular formula is C28H32N4O4. The quantitative estimate of drug-likeness (QED) is 0.549. The molecule has 0 radical (unpaired) electrons. The molecular weight excluding hydrogens is 456 g/mol. The summed E-state index contributed by atoms with van der Waals surface area (Å²) in [6.07, 6.45) is 3.15. The van der Waals surface area contributed by atoms with Crippen LogP contribution in [0, 0.1) is 5.92 Å². The highest BCUT2D eigenvalue weighted by Gasteiger charge is 2.34. The lowest BCUT2D eigenvalue weighted by atomic mass is 9.99. The molecule has 3 atom stereocenters. The number of benzene rings is 1. The molecule has 0 saturated heterocycles. The van der Waals surface area contributed by atoms with E-state index in [9.17, 15) is 14.7 Å². The lowest BCUT2D eigenvalue weighted by Gasteiger charge is -2.37. The summed E-state index contributed by atoms with van der Waals surface area (Å²) in [5, 5.41) is 9.86. The molecule has 1 aromatic carbocycles. The van der Waals surface area contributed by atoms with Crippen molar-refractivity contribution in [3.05, 3.63) is 78.2 Å². The molecule has 1 aliphatic rings. The molecule has 0 unspecified atom stereocenters. The van der Waals surface area contributed by atoms with Crippen molar-refractivity contribution in [1.29, 1.82) is 0 Å². The normalized spacial score (nSPS) is 18.4. The number of aliphatic hydroxyl groups is 1. The molecule has 0 aliphatic carbocycles. The molecule has 36 heavy (non-hydrogen) atoms. The molecule has 2 aromatic heterocycles. The number of carbonyl (C=O) groups is 2. The summed E-state index contributed by atoms with van der Waals surface area (Å²) in [6, 6.07) is 16.6. The largest absolute Gasteiger partial charge is 0.472 e. The standard InChI is InChI=1S/C28H32N4O4/c1-19-16-32(20(2)18-33)28(35)24-13-22(21-9-5-4-6-10-21)15-30-27(24)36-25(19)17-31(3)26(34)14-23-11-7-8-12-29-23/h4-13,15,19-20,25,33H,14,16-18H2,1-3H3/t19-,20-,25+/m0/s1. The second-order valence-electron chi connectivity index (χ2n) is 9.34. The van der Waals surface area contributed by atoms with Crippen molar-refractivity contribution in [2.45, 2.75) is 32.4 Å².